The fraction of sp³-hybridized carbons (Fsp3) is 0.833. The van der Waals surface area contributed by atoms with Crippen molar-refractivity contribution in [3.63, 3.8) is 0 Å². The summed E-state index contributed by atoms with van der Waals surface area (Å²) >= 11 is 0. The monoisotopic (exact) mass is 238 g/mol. The highest BCUT2D eigenvalue weighted by Gasteiger charge is 2.16. The van der Waals surface area contributed by atoms with Gasteiger partial charge in [0.15, 0.2) is 5.82 Å². The molecule has 96 valence electrons. The lowest BCUT2D eigenvalue weighted by Gasteiger charge is -2.26. The Morgan fingerprint density at radius 3 is 2.82 bits per heavy atom. The second-order valence-corrected chi connectivity index (χ2v) is 4.85. The maximum absolute atomic E-state index is 5.11. The van der Waals surface area contributed by atoms with Crippen molar-refractivity contribution < 1.29 is 4.52 Å². The molecule has 1 aromatic heterocycles. The molecule has 0 amide bonds. The lowest BCUT2D eigenvalue weighted by Crippen LogP contribution is -2.34. The molecule has 1 fully saturated rings. The van der Waals surface area contributed by atoms with E-state index in [9.17, 15) is 0 Å². The molecule has 0 aliphatic carbocycles. The topological polar surface area (TPSA) is 54.2 Å². The van der Waals surface area contributed by atoms with E-state index in [-0.39, 0.29) is 0 Å². The highest BCUT2D eigenvalue weighted by Crippen LogP contribution is 2.13. The minimum absolute atomic E-state index is 0.732. The van der Waals surface area contributed by atoms with E-state index in [2.05, 4.69) is 27.4 Å². The SMILES string of the molecule is CCc1nc(CN(C)CC2CCNCC2)no1. The minimum atomic E-state index is 0.732. The second kappa shape index (κ2) is 6.12. The van der Waals surface area contributed by atoms with Crippen LogP contribution in [-0.4, -0.2) is 41.7 Å². The van der Waals surface area contributed by atoms with Crippen molar-refractivity contribution in [1.82, 2.24) is 20.4 Å². The minimum Gasteiger partial charge on any atom is -0.339 e. The normalized spacial score (nSPS) is 17.8. The Hall–Kier alpha value is -0.940. The molecule has 1 N–H and O–H groups in total. The zero-order chi connectivity index (χ0) is 12.1. The summed E-state index contributed by atoms with van der Waals surface area (Å²) in [6, 6.07) is 0. The quantitative estimate of drug-likeness (QED) is 0.831. The van der Waals surface area contributed by atoms with E-state index in [1.165, 1.54) is 12.8 Å². The molecule has 5 nitrogen and oxygen atoms in total. The van der Waals surface area contributed by atoms with Crippen LogP contribution >= 0.6 is 0 Å². The average Bonchev–Trinajstić information content (AvgIpc) is 2.78. The fourth-order valence-corrected chi connectivity index (χ4v) is 2.31. The van der Waals surface area contributed by atoms with Crippen molar-refractivity contribution in [2.75, 3.05) is 26.7 Å². The summed E-state index contributed by atoms with van der Waals surface area (Å²) in [5.41, 5.74) is 0. The highest BCUT2D eigenvalue weighted by molar-refractivity contribution is 4.86. The molecule has 1 aromatic rings. The molecule has 0 atom stereocenters. The van der Waals surface area contributed by atoms with Crippen molar-refractivity contribution in [2.45, 2.75) is 32.7 Å². The molecule has 2 heterocycles. The molecule has 17 heavy (non-hydrogen) atoms. The van der Waals surface area contributed by atoms with Crippen molar-refractivity contribution in [1.29, 1.82) is 0 Å². The third-order valence-electron chi connectivity index (χ3n) is 3.25. The number of aryl methyl sites for hydroxylation is 1. The standard InChI is InChI=1S/C12H22N4O/c1-3-12-14-11(15-17-12)9-16(2)8-10-4-6-13-7-5-10/h10,13H,3-9H2,1-2H3. The Morgan fingerprint density at radius 1 is 1.41 bits per heavy atom. The van der Waals surface area contributed by atoms with Crippen LogP contribution in [0.3, 0.4) is 0 Å². The summed E-state index contributed by atoms with van der Waals surface area (Å²) in [6.45, 7) is 6.24. The van der Waals surface area contributed by atoms with Gasteiger partial charge in [0.2, 0.25) is 5.89 Å². The van der Waals surface area contributed by atoms with Crippen LogP contribution in [0.1, 0.15) is 31.5 Å². The lowest BCUT2D eigenvalue weighted by atomic mass is 9.98. The van der Waals surface area contributed by atoms with E-state index in [4.69, 9.17) is 4.52 Å². The molecule has 0 bridgehead atoms. The molecule has 1 aliphatic heterocycles. The van der Waals surface area contributed by atoms with Gasteiger partial charge >= 0.3 is 0 Å². The first-order valence-electron chi connectivity index (χ1n) is 6.48. The van der Waals surface area contributed by atoms with Crippen LogP contribution in [-0.2, 0) is 13.0 Å². The molecule has 1 aliphatic rings. The van der Waals surface area contributed by atoms with E-state index in [0.717, 1.165) is 50.2 Å². The maximum Gasteiger partial charge on any atom is 0.226 e. The second-order valence-electron chi connectivity index (χ2n) is 4.85. The average molecular weight is 238 g/mol. The first-order valence-corrected chi connectivity index (χ1v) is 6.48. The molecular formula is C12H22N4O. The zero-order valence-electron chi connectivity index (χ0n) is 10.8. The van der Waals surface area contributed by atoms with Crippen molar-refractivity contribution >= 4 is 0 Å². The third kappa shape index (κ3) is 3.78. The summed E-state index contributed by atoms with van der Waals surface area (Å²) < 4.78 is 5.11. The van der Waals surface area contributed by atoms with Crippen LogP contribution in [0.2, 0.25) is 0 Å². The number of aromatic nitrogens is 2. The summed E-state index contributed by atoms with van der Waals surface area (Å²) in [5, 5.41) is 7.37. The van der Waals surface area contributed by atoms with Gasteiger partial charge < -0.3 is 9.84 Å². The maximum atomic E-state index is 5.11. The molecule has 2 rings (SSSR count). The number of nitrogens with one attached hydrogen (secondary N) is 1. The zero-order valence-corrected chi connectivity index (χ0v) is 10.8. The van der Waals surface area contributed by atoms with Crippen LogP contribution in [0.25, 0.3) is 0 Å². The van der Waals surface area contributed by atoms with E-state index in [0.29, 0.717) is 0 Å². The Bertz CT molecular complexity index is 333. The van der Waals surface area contributed by atoms with E-state index >= 15 is 0 Å². The Balaban J connectivity index is 1.77. The van der Waals surface area contributed by atoms with Gasteiger partial charge in [-0.1, -0.05) is 12.1 Å². The largest absolute Gasteiger partial charge is 0.339 e. The van der Waals surface area contributed by atoms with Gasteiger partial charge in [-0.15, -0.1) is 0 Å². The number of nitrogens with zero attached hydrogens (tertiary/aromatic N) is 3. The van der Waals surface area contributed by atoms with Gasteiger partial charge in [-0.3, -0.25) is 4.90 Å². The van der Waals surface area contributed by atoms with Crippen LogP contribution in [0.5, 0.6) is 0 Å². The predicted octanol–water partition coefficient (Wildman–Crippen LogP) is 1.06. The van der Waals surface area contributed by atoms with Gasteiger partial charge in [-0.25, -0.2) is 0 Å². The first-order chi connectivity index (χ1) is 8.28. The molecule has 5 heteroatoms. The number of hydrogen-bond acceptors (Lipinski definition) is 5. The van der Waals surface area contributed by atoms with Gasteiger partial charge in [0.25, 0.3) is 0 Å². The number of piperidine rings is 1. The molecule has 0 saturated carbocycles. The van der Waals surface area contributed by atoms with Crippen LogP contribution in [0, 0.1) is 5.92 Å². The molecule has 0 radical (unpaired) electrons. The number of rotatable bonds is 5. The smallest absolute Gasteiger partial charge is 0.226 e. The van der Waals surface area contributed by atoms with Gasteiger partial charge in [0.05, 0.1) is 6.54 Å². The van der Waals surface area contributed by atoms with Gasteiger partial charge in [-0.2, -0.15) is 4.98 Å². The first kappa shape index (κ1) is 12.5. The third-order valence-corrected chi connectivity index (χ3v) is 3.25. The molecular weight excluding hydrogens is 216 g/mol. The van der Waals surface area contributed by atoms with Crippen molar-refractivity contribution in [3.05, 3.63) is 11.7 Å². The molecule has 1 saturated heterocycles. The van der Waals surface area contributed by atoms with Gasteiger partial charge in [0.1, 0.15) is 0 Å². The molecule has 0 unspecified atom stereocenters. The van der Waals surface area contributed by atoms with Crippen LogP contribution in [0.15, 0.2) is 4.52 Å². The van der Waals surface area contributed by atoms with Gasteiger partial charge in [-0.05, 0) is 38.9 Å². The number of hydrogen-bond donors (Lipinski definition) is 1. The summed E-state index contributed by atoms with van der Waals surface area (Å²) in [6.07, 6.45) is 3.36. The fourth-order valence-electron chi connectivity index (χ4n) is 2.31. The van der Waals surface area contributed by atoms with Crippen molar-refractivity contribution in [2.24, 2.45) is 5.92 Å². The lowest BCUT2D eigenvalue weighted by molar-refractivity contribution is 0.228. The van der Waals surface area contributed by atoms with E-state index < -0.39 is 0 Å². The van der Waals surface area contributed by atoms with E-state index in [1.54, 1.807) is 0 Å². The Morgan fingerprint density at radius 2 is 2.18 bits per heavy atom. The summed E-state index contributed by atoms with van der Waals surface area (Å²) in [4.78, 5) is 6.62. The van der Waals surface area contributed by atoms with Crippen LogP contribution in [0.4, 0.5) is 0 Å². The van der Waals surface area contributed by atoms with Crippen molar-refractivity contribution in [3.8, 4) is 0 Å². The molecule has 0 aromatic carbocycles. The van der Waals surface area contributed by atoms with E-state index in [1.807, 2.05) is 6.92 Å². The Labute approximate surface area is 103 Å². The summed E-state index contributed by atoms with van der Waals surface area (Å²) in [7, 11) is 2.13. The molecule has 0 spiro atoms. The highest BCUT2D eigenvalue weighted by atomic mass is 16.5. The Kier molecular flexibility index (Phi) is 4.50. The summed E-state index contributed by atoms with van der Waals surface area (Å²) in [5.74, 6) is 2.34. The predicted molar refractivity (Wildman–Crippen MR) is 65.6 cm³/mol. The van der Waals surface area contributed by atoms with Gasteiger partial charge in [0, 0.05) is 13.0 Å². The van der Waals surface area contributed by atoms with Crippen LogP contribution < -0.4 is 5.32 Å².